The lowest BCUT2D eigenvalue weighted by molar-refractivity contribution is -0.991. The molecule has 1 fully saturated rings. The average Bonchev–Trinajstić information content (AvgIpc) is 2.76. The maximum Gasteiger partial charge on any atom is 0.241 e. The Hall–Kier alpha value is -1.51. The molecule has 3 atom stereocenters. The highest BCUT2D eigenvalue weighted by Gasteiger charge is 2.27. The van der Waals surface area contributed by atoms with Gasteiger partial charge in [-0.15, -0.1) is 0 Å². The second kappa shape index (κ2) is 5.42. The molecule has 1 aromatic rings. The zero-order valence-corrected chi connectivity index (χ0v) is 9.59. The zero-order chi connectivity index (χ0) is 13.1. The number of rotatable bonds is 3. The third-order valence-electron chi connectivity index (χ3n) is 2.82. The zero-order valence-electron chi connectivity index (χ0n) is 9.59. The molecule has 7 heteroatoms. The monoisotopic (exact) mass is 253 g/mol. The average molecular weight is 253 g/mol. The molecule has 1 aromatic carbocycles. The van der Waals surface area contributed by atoms with Crippen LogP contribution in [0.5, 0.6) is 0 Å². The quantitative estimate of drug-likeness (QED) is 0.432. The largest absolute Gasteiger partial charge is 0.595 e. The highest BCUT2D eigenvalue weighted by molar-refractivity contribution is 5.95. The summed E-state index contributed by atoms with van der Waals surface area (Å²) in [6, 6.07) is 5.52. The predicted octanol–water partition coefficient (Wildman–Crippen LogP) is -1.25. The third kappa shape index (κ3) is 3.03. The van der Waals surface area contributed by atoms with E-state index in [-0.39, 0.29) is 11.6 Å². The van der Waals surface area contributed by atoms with Crippen molar-refractivity contribution in [3.05, 3.63) is 29.5 Å². The Morgan fingerprint density at radius 3 is 2.61 bits per heavy atom. The van der Waals surface area contributed by atoms with E-state index in [0.29, 0.717) is 18.7 Å². The standard InChI is InChI=1S/C11H15N3O4/c15-9-5-10(12-6-9)11(16)13-7-1-3-8(4-2-7)14(17)18/h1-4,9-10,12,14-15,17H,5-6H2,(H,13,16). The number of aliphatic hydroxyl groups is 1. The molecule has 5 N–H and O–H groups in total. The number of carbonyl (C=O) groups is 1. The van der Waals surface area contributed by atoms with Gasteiger partial charge in [0.2, 0.25) is 5.91 Å². The number of benzene rings is 1. The van der Waals surface area contributed by atoms with Gasteiger partial charge in [0, 0.05) is 24.4 Å². The smallest absolute Gasteiger partial charge is 0.241 e. The summed E-state index contributed by atoms with van der Waals surface area (Å²) >= 11 is 0. The molecule has 98 valence electrons. The van der Waals surface area contributed by atoms with Gasteiger partial charge >= 0.3 is 0 Å². The predicted molar refractivity (Wildman–Crippen MR) is 63.3 cm³/mol. The summed E-state index contributed by atoms with van der Waals surface area (Å²) in [6.45, 7) is 0.413. The van der Waals surface area contributed by atoms with Crippen molar-refractivity contribution in [2.24, 2.45) is 0 Å². The van der Waals surface area contributed by atoms with Gasteiger partial charge in [-0.1, -0.05) is 0 Å². The highest BCUT2D eigenvalue weighted by atomic mass is 16.8. The van der Waals surface area contributed by atoms with E-state index in [1.54, 1.807) is 0 Å². The Balaban J connectivity index is 1.95. The molecule has 18 heavy (non-hydrogen) atoms. The Labute approximate surface area is 104 Å². The Kier molecular flexibility index (Phi) is 3.90. The van der Waals surface area contributed by atoms with Gasteiger partial charge < -0.3 is 20.9 Å². The number of hydrogen-bond donors (Lipinski definition) is 5. The molecule has 2 rings (SSSR count). The summed E-state index contributed by atoms with van der Waals surface area (Å²) in [4.78, 5) is 11.8. The second-order valence-electron chi connectivity index (χ2n) is 4.22. The molecular formula is C11H15N3O4. The van der Waals surface area contributed by atoms with E-state index >= 15 is 0 Å². The van der Waals surface area contributed by atoms with E-state index in [1.165, 1.54) is 24.3 Å². The van der Waals surface area contributed by atoms with Gasteiger partial charge in [0.1, 0.15) is 0 Å². The van der Waals surface area contributed by atoms with Gasteiger partial charge in [0.15, 0.2) is 5.69 Å². The molecule has 0 saturated carbocycles. The minimum Gasteiger partial charge on any atom is -0.595 e. The highest BCUT2D eigenvalue weighted by Crippen LogP contribution is 2.13. The topological polar surface area (TPSA) is 109 Å². The minimum absolute atomic E-state index is 0.169. The van der Waals surface area contributed by atoms with Crippen LogP contribution in [0.2, 0.25) is 0 Å². The summed E-state index contributed by atoms with van der Waals surface area (Å²) in [6.07, 6.45) is -0.103. The summed E-state index contributed by atoms with van der Waals surface area (Å²) in [5, 5.41) is 33.3. The fourth-order valence-corrected chi connectivity index (χ4v) is 1.84. The van der Waals surface area contributed by atoms with E-state index in [2.05, 4.69) is 10.6 Å². The molecule has 0 radical (unpaired) electrons. The summed E-state index contributed by atoms with van der Waals surface area (Å²) in [7, 11) is 0. The lowest BCUT2D eigenvalue weighted by Gasteiger charge is -2.13. The Morgan fingerprint density at radius 2 is 2.11 bits per heavy atom. The molecular weight excluding hydrogens is 238 g/mol. The molecule has 1 heterocycles. The molecule has 0 aromatic heterocycles. The van der Waals surface area contributed by atoms with Crippen LogP contribution in [0.4, 0.5) is 11.4 Å². The maximum atomic E-state index is 11.8. The van der Waals surface area contributed by atoms with Crippen molar-refractivity contribution in [3.8, 4) is 0 Å². The van der Waals surface area contributed by atoms with Crippen LogP contribution < -0.4 is 15.9 Å². The van der Waals surface area contributed by atoms with Crippen molar-refractivity contribution in [1.82, 2.24) is 5.32 Å². The number of anilines is 1. The van der Waals surface area contributed by atoms with E-state index in [4.69, 9.17) is 5.21 Å². The third-order valence-corrected chi connectivity index (χ3v) is 2.82. The lowest BCUT2D eigenvalue weighted by Crippen LogP contribution is -2.99. The van der Waals surface area contributed by atoms with Crippen LogP contribution in [0.1, 0.15) is 6.42 Å². The lowest BCUT2D eigenvalue weighted by atomic mass is 10.2. The first kappa shape index (κ1) is 12.9. The molecule has 1 amide bonds. The van der Waals surface area contributed by atoms with Crippen LogP contribution in [0, 0.1) is 5.21 Å². The fourth-order valence-electron chi connectivity index (χ4n) is 1.84. The van der Waals surface area contributed by atoms with E-state index in [1.807, 2.05) is 0 Å². The SMILES string of the molecule is O=C(Nc1ccc([NH+]([O-])O)cc1)C1CC(O)CN1. The first-order chi connectivity index (χ1) is 8.56. The van der Waals surface area contributed by atoms with Crippen LogP contribution in [-0.2, 0) is 4.79 Å². The molecule has 7 nitrogen and oxygen atoms in total. The van der Waals surface area contributed by atoms with Crippen LogP contribution in [0.15, 0.2) is 24.3 Å². The molecule has 1 saturated heterocycles. The van der Waals surface area contributed by atoms with Crippen LogP contribution in [0.25, 0.3) is 0 Å². The number of amides is 1. The van der Waals surface area contributed by atoms with Gasteiger partial charge in [-0.05, 0) is 18.6 Å². The number of hydrogen-bond acceptors (Lipinski definition) is 5. The van der Waals surface area contributed by atoms with Crippen molar-refractivity contribution in [3.63, 3.8) is 0 Å². The van der Waals surface area contributed by atoms with Gasteiger partial charge in [-0.3, -0.25) is 4.79 Å². The van der Waals surface area contributed by atoms with Crippen LogP contribution in [-0.4, -0.2) is 34.9 Å². The minimum atomic E-state index is -1.01. The van der Waals surface area contributed by atoms with E-state index in [9.17, 15) is 15.1 Å². The normalized spacial score (nSPS) is 24.8. The molecule has 0 spiro atoms. The first-order valence-electron chi connectivity index (χ1n) is 5.62. The van der Waals surface area contributed by atoms with Crippen molar-refractivity contribution < 1.29 is 20.3 Å². The number of quaternary nitrogens is 1. The summed E-state index contributed by atoms with van der Waals surface area (Å²) < 4.78 is 0. The van der Waals surface area contributed by atoms with Gasteiger partial charge in [-0.25, -0.2) is 5.21 Å². The number of aliphatic hydroxyl groups excluding tert-OH is 1. The fraction of sp³-hybridized carbons (Fsp3) is 0.364. The molecule has 3 unspecified atom stereocenters. The van der Waals surface area contributed by atoms with Gasteiger partial charge in [-0.2, -0.15) is 5.23 Å². The molecule has 0 aliphatic carbocycles. The number of carbonyl (C=O) groups excluding carboxylic acids is 1. The van der Waals surface area contributed by atoms with E-state index in [0.717, 1.165) is 0 Å². The Bertz CT molecular complexity index is 421. The maximum absolute atomic E-state index is 11.8. The van der Waals surface area contributed by atoms with Crippen molar-refractivity contribution in [1.29, 1.82) is 0 Å². The first-order valence-corrected chi connectivity index (χ1v) is 5.62. The van der Waals surface area contributed by atoms with Crippen molar-refractivity contribution in [2.75, 3.05) is 11.9 Å². The van der Waals surface area contributed by atoms with Crippen LogP contribution >= 0.6 is 0 Å². The second-order valence-corrected chi connectivity index (χ2v) is 4.22. The molecule has 0 bridgehead atoms. The summed E-state index contributed by atoms with van der Waals surface area (Å²) in [5.41, 5.74) is 0.704. The van der Waals surface area contributed by atoms with Crippen molar-refractivity contribution >= 4 is 17.3 Å². The Morgan fingerprint density at radius 1 is 1.44 bits per heavy atom. The number of β-amino-alcohol motifs (C(OH)–C–C–N with tert-alkyl or cyclic N) is 1. The van der Waals surface area contributed by atoms with E-state index < -0.39 is 17.4 Å². The number of nitrogens with one attached hydrogen (secondary N) is 3. The molecule has 1 aliphatic heterocycles. The van der Waals surface area contributed by atoms with Gasteiger partial charge in [0.25, 0.3) is 0 Å². The van der Waals surface area contributed by atoms with Crippen LogP contribution in [0.3, 0.4) is 0 Å². The molecule has 1 aliphatic rings. The van der Waals surface area contributed by atoms with Crippen molar-refractivity contribution in [2.45, 2.75) is 18.6 Å². The van der Waals surface area contributed by atoms with Gasteiger partial charge in [0.05, 0.1) is 12.1 Å². The summed E-state index contributed by atoms with van der Waals surface area (Å²) in [5.74, 6) is -0.227.